The van der Waals surface area contributed by atoms with E-state index in [4.69, 9.17) is 9.47 Å². The minimum atomic E-state index is -1.37. The molecule has 0 atom stereocenters. The van der Waals surface area contributed by atoms with Crippen molar-refractivity contribution in [3.05, 3.63) is 22.7 Å². The lowest BCUT2D eigenvalue weighted by molar-refractivity contribution is 0.0429. The molecule has 2 amide bonds. The Bertz CT molecular complexity index is 911. The summed E-state index contributed by atoms with van der Waals surface area (Å²) in [4.78, 5) is 37.8. The first kappa shape index (κ1) is 21.7. The molecule has 1 aromatic heterocycles. The van der Waals surface area contributed by atoms with Crippen molar-refractivity contribution in [3.63, 3.8) is 0 Å². The van der Waals surface area contributed by atoms with Gasteiger partial charge in [-0.1, -0.05) is 15.9 Å². The molecule has 0 bridgehead atoms. The number of amides is 2. The molecular formula is C18H22BrN3O6. The zero-order valence-electron chi connectivity index (χ0n) is 16.4. The van der Waals surface area contributed by atoms with Gasteiger partial charge in [0.15, 0.2) is 5.82 Å². The molecule has 0 aliphatic carbocycles. The molecule has 0 radical (unpaired) electrons. The van der Waals surface area contributed by atoms with Gasteiger partial charge in [-0.3, -0.25) is 0 Å². The number of carboxylic acid groups (broad SMARTS) is 1. The molecule has 28 heavy (non-hydrogen) atoms. The van der Waals surface area contributed by atoms with Crippen LogP contribution >= 0.6 is 15.9 Å². The van der Waals surface area contributed by atoms with Crippen LogP contribution in [0.5, 0.6) is 0 Å². The number of nitrogens with zero attached hydrogens (tertiary/aromatic N) is 3. The zero-order valence-corrected chi connectivity index (χ0v) is 18.0. The van der Waals surface area contributed by atoms with Gasteiger partial charge in [0, 0.05) is 9.86 Å². The van der Waals surface area contributed by atoms with Crippen LogP contribution in [-0.2, 0) is 9.47 Å². The second kappa shape index (κ2) is 7.42. The van der Waals surface area contributed by atoms with E-state index in [0.29, 0.717) is 14.1 Å². The van der Waals surface area contributed by atoms with Crippen molar-refractivity contribution in [2.75, 3.05) is 4.90 Å². The number of carbonyl (C=O) groups excluding carboxylic acids is 2. The third-order valence-electron chi connectivity index (χ3n) is 3.17. The number of aromatic nitrogens is 2. The smallest absolute Gasteiger partial charge is 0.432 e. The second-order valence-corrected chi connectivity index (χ2v) is 8.89. The average molecular weight is 456 g/mol. The van der Waals surface area contributed by atoms with E-state index in [9.17, 15) is 19.5 Å². The number of fused-ring (bicyclic) bond motifs is 1. The maximum Gasteiger partial charge on any atom is 0.432 e. The first-order valence-electron chi connectivity index (χ1n) is 8.37. The fourth-order valence-electron chi connectivity index (χ4n) is 2.25. The van der Waals surface area contributed by atoms with Crippen molar-refractivity contribution in [1.82, 2.24) is 9.78 Å². The lowest BCUT2D eigenvalue weighted by Crippen LogP contribution is -2.44. The first-order chi connectivity index (χ1) is 12.7. The van der Waals surface area contributed by atoms with Gasteiger partial charge in [-0.15, -0.1) is 5.10 Å². The Morgan fingerprint density at radius 3 is 1.96 bits per heavy atom. The Kier molecular flexibility index (Phi) is 5.74. The van der Waals surface area contributed by atoms with E-state index in [2.05, 4.69) is 21.0 Å². The van der Waals surface area contributed by atoms with E-state index in [1.807, 2.05) is 0 Å². The van der Waals surface area contributed by atoms with Crippen LogP contribution in [0.4, 0.5) is 20.2 Å². The summed E-state index contributed by atoms with van der Waals surface area (Å²) in [6.45, 7) is 9.85. The van der Waals surface area contributed by atoms with Gasteiger partial charge in [0.1, 0.15) is 11.2 Å². The summed E-state index contributed by atoms with van der Waals surface area (Å²) in [6.07, 6.45) is -3.43. The van der Waals surface area contributed by atoms with Crippen LogP contribution in [0, 0.1) is 0 Å². The van der Waals surface area contributed by atoms with Gasteiger partial charge in [0.25, 0.3) is 0 Å². The molecule has 10 heteroatoms. The first-order valence-corrected chi connectivity index (χ1v) is 9.16. The van der Waals surface area contributed by atoms with Gasteiger partial charge >= 0.3 is 18.3 Å². The molecule has 0 unspecified atom stereocenters. The molecule has 0 aliphatic heterocycles. The molecule has 2 aromatic rings. The molecule has 0 aliphatic rings. The lowest BCUT2D eigenvalue weighted by Gasteiger charge is -2.27. The highest BCUT2D eigenvalue weighted by Gasteiger charge is 2.36. The summed E-state index contributed by atoms with van der Waals surface area (Å²) in [6, 6.07) is 4.68. The number of halogens is 1. The summed E-state index contributed by atoms with van der Waals surface area (Å²) >= 11 is 3.30. The van der Waals surface area contributed by atoms with Gasteiger partial charge in [-0.2, -0.15) is 9.58 Å². The third kappa shape index (κ3) is 5.00. The number of hydrogen-bond acceptors (Lipinski definition) is 6. The maximum absolute atomic E-state index is 12.8. The summed E-state index contributed by atoms with van der Waals surface area (Å²) in [7, 11) is 0. The number of rotatable bonds is 1. The van der Waals surface area contributed by atoms with Crippen molar-refractivity contribution >= 4 is 50.9 Å². The molecule has 0 spiro atoms. The number of benzene rings is 1. The SMILES string of the molecule is CC(C)(C)OC(=O)N(C(=O)OC(C)(C)C)c1nn(C(=O)O)c2ccc(Br)cc12. The predicted octanol–water partition coefficient (Wildman–Crippen LogP) is 5.00. The standard InChI is InChI=1S/C18H22BrN3O6/c1-17(2,3)27-15(25)21(16(26)28-18(4,5)6)13-11-9-10(19)7-8-12(11)22(20-13)14(23)24/h7-9H,1-6H3,(H,23,24). The van der Waals surface area contributed by atoms with Crippen LogP contribution in [0.1, 0.15) is 41.5 Å². The monoisotopic (exact) mass is 455 g/mol. The van der Waals surface area contributed by atoms with E-state index >= 15 is 0 Å². The van der Waals surface area contributed by atoms with Crippen LogP contribution in [0.25, 0.3) is 10.9 Å². The fraction of sp³-hybridized carbons (Fsp3) is 0.444. The van der Waals surface area contributed by atoms with Gasteiger partial charge in [0.2, 0.25) is 0 Å². The normalized spacial score (nSPS) is 12.0. The van der Waals surface area contributed by atoms with Crippen LogP contribution in [-0.4, -0.2) is 44.4 Å². The number of carbonyl (C=O) groups is 3. The Morgan fingerprint density at radius 2 is 1.54 bits per heavy atom. The maximum atomic E-state index is 12.8. The summed E-state index contributed by atoms with van der Waals surface area (Å²) in [5.74, 6) is -0.206. The molecule has 1 aromatic carbocycles. The minimum absolute atomic E-state index is 0.197. The quantitative estimate of drug-likeness (QED) is 0.643. The second-order valence-electron chi connectivity index (χ2n) is 7.98. The number of anilines is 1. The summed E-state index contributed by atoms with van der Waals surface area (Å²) in [5.41, 5.74) is -1.60. The molecule has 0 saturated heterocycles. The third-order valence-corrected chi connectivity index (χ3v) is 3.66. The molecule has 0 saturated carbocycles. The van der Waals surface area contributed by atoms with Crippen LogP contribution < -0.4 is 4.90 Å². The van der Waals surface area contributed by atoms with E-state index in [1.165, 1.54) is 6.07 Å². The zero-order chi connectivity index (χ0) is 21.4. The van der Waals surface area contributed by atoms with Crippen molar-refractivity contribution in [3.8, 4) is 0 Å². The largest absolute Gasteiger partial charge is 0.463 e. The van der Waals surface area contributed by atoms with Crippen molar-refractivity contribution in [1.29, 1.82) is 0 Å². The van der Waals surface area contributed by atoms with Crippen LogP contribution in [0.15, 0.2) is 22.7 Å². The summed E-state index contributed by atoms with van der Waals surface area (Å²) in [5, 5.41) is 13.6. The topological polar surface area (TPSA) is 111 Å². The van der Waals surface area contributed by atoms with Crippen LogP contribution in [0.3, 0.4) is 0 Å². The number of hydrogen-bond donors (Lipinski definition) is 1. The van der Waals surface area contributed by atoms with Gasteiger partial charge in [0.05, 0.1) is 5.52 Å². The highest BCUT2D eigenvalue weighted by atomic mass is 79.9. The highest BCUT2D eigenvalue weighted by Crippen LogP contribution is 2.31. The van der Waals surface area contributed by atoms with E-state index < -0.39 is 29.5 Å². The van der Waals surface area contributed by atoms with Crippen molar-refractivity contribution in [2.45, 2.75) is 52.7 Å². The van der Waals surface area contributed by atoms with Crippen molar-refractivity contribution in [2.24, 2.45) is 0 Å². The van der Waals surface area contributed by atoms with E-state index in [1.54, 1.807) is 53.7 Å². The lowest BCUT2D eigenvalue weighted by atomic mass is 10.2. The molecule has 152 valence electrons. The molecule has 1 heterocycles. The Hall–Kier alpha value is -2.62. The van der Waals surface area contributed by atoms with E-state index in [0.717, 1.165) is 0 Å². The molecule has 9 nitrogen and oxygen atoms in total. The molecular weight excluding hydrogens is 434 g/mol. The fourth-order valence-corrected chi connectivity index (χ4v) is 2.61. The Morgan fingerprint density at radius 1 is 1.04 bits per heavy atom. The Labute approximate surface area is 170 Å². The van der Waals surface area contributed by atoms with Gasteiger partial charge in [-0.05, 0) is 59.7 Å². The molecule has 2 rings (SSSR count). The number of imide groups is 1. The van der Waals surface area contributed by atoms with E-state index in [-0.39, 0.29) is 16.7 Å². The predicted molar refractivity (Wildman–Crippen MR) is 106 cm³/mol. The van der Waals surface area contributed by atoms with Gasteiger partial charge < -0.3 is 14.6 Å². The molecule has 0 fully saturated rings. The van der Waals surface area contributed by atoms with Crippen molar-refractivity contribution < 1.29 is 29.0 Å². The highest BCUT2D eigenvalue weighted by molar-refractivity contribution is 9.10. The van der Waals surface area contributed by atoms with Crippen LogP contribution in [0.2, 0.25) is 0 Å². The average Bonchev–Trinajstić information content (AvgIpc) is 2.82. The molecule has 1 N–H and O–H groups in total. The number of ether oxygens (including phenoxy) is 2. The van der Waals surface area contributed by atoms with Gasteiger partial charge in [-0.25, -0.2) is 14.4 Å². The summed E-state index contributed by atoms with van der Waals surface area (Å²) < 4.78 is 11.9. The Balaban J connectivity index is 2.69. The minimum Gasteiger partial charge on any atom is -0.463 e.